The van der Waals surface area contributed by atoms with E-state index in [1.165, 1.54) is 23.5 Å². The van der Waals surface area contributed by atoms with Gasteiger partial charge in [-0.05, 0) is 23.3 Å². The molecule has 0 radical (unpaired) electrons. The summed E-state index contributed by atoms with van der Waals surface area (Å²) in [7, 11) is 1.60. The highest BCUT2D eigenvalue weighted by atomic mass is 32.1. The Morgan fingerprint density at radius 1 is 1.21 bits per heavy atom. The summed E-state index contributed by atoms with van der Waals surface area (Å²) in [5, 5.41) is 13.2. The summed E-state index contributed by atoms with van der Waals surface area (Å²) in [5.41, 5.74) is 2.36. The molecular formula is C20H15N3O4S. The van der Waals surface area contributed by atoms with Crippen LogP contribution in [-0.2, 0) is 6.42 Å². The van der Waals surface area contributed by atoms with Gasteiger partial charge in [0.1, 0.15) is 16.4 Å². The SMILES string of the molecule is COc1cccc(-c2csc3nc(Cc4ccc([N+](=O)[O-])cc4)[nH]c(=O)c23)c1. The molecule has 28 heavy (non-hydrogen) atoms. The zero-order valence-corrected chi connectivity index (χ0v) is 15.7. The second kappa shape index (κ2) is 7.24. The molecule has 0 aliphatic rings. The second-order valence-corrected chi connectivity index (χ2v) is 7.03. The van der Waals surface area contributed by atoms with E-state index in [9.17, 15) is 14.9 Å². The van der Waals surface area contributed by atoms with Crippen molar-refractivity contribution in [2.45, 2.75) is 6.42 Å². The molecule has 2 aromatic carbocycles. The van der Waals surface area contributed by atoms with Crippen molar-refractivity contribution in [3.05, 3.63) is 85.8 Å². The molecule has 4 rings (SSSR count). The van der Waals surface area contributed by atoms with E-state index in [1.807, 2.05) is 29.6 Å². The van der Waals surface area contributed by atoms with Gasteiger partial charge in [-0.25, -0.2) is 4.98 Å². The number of benzene rings is 2. The van der Waals surface area contributed by atoms with Gasteiger partial charge in [-0.15, -0.1) is 11.3 Å². The van der Waals surface area contributed by atoms with Gasteiger partial charge < -0.3 is 9.72 Å². The molecular weight excluding hydrogens is 378 g/mol. The maximum Gasteiger partial charge on any atom is 0.269 e. The Labute approximate surface area is 163 Å². The molecule has 1 N–H and O–H groups in total. The van der Waals surface area contributed by atoms with Crippen LogP contribution in [-0.4, -0.2) is 22.0 Å². The minimum Gasteiger partial charge on any atom is -0.497 e. The molecule has 2 aromatic heterocycles. The van der Waals surface area contributed by atoms with E-state index in [1.54, 1.807) is 19.2 Å². The Balaban J connectivity index is 1.70. The van der Waals surface area contributed by atoms with Crippen LogP contribution in [0.4, 0.5) is 5.69 Å². The van der Waals surface area contributed by atoms with Crippen LogP contribution in [0.5, 0.6) is 5.75 Å². The molecule has 140 valence electrons. The molecule has 0 unspecified atom stereocenters. The highest BCUT2D eigenvalue weighted by Crippen LogP contribution is 2.32. The number of aromatic amines is 1. The van der Waals surface area contributed by atoms with Gasteiger partial charge in [0.2, 0.25) is 0 Å². The number of thiophene rings is 1. The van der Waals surface area contributed by atoms with Crippen LogP contribution in [0.1, 0.15) is 11.4 Å². The van der Waals surface area contributed by atoms with E-state index >= 15 is 0 Å². The lowest BCUT2D eigenvalue weighted by molar-refractivity contribution is -0.384. The molecule has 8 heteroatoms. The van der Waals surface area contributed by atoms with Crippen LogP contribution >= 0.6 is 11.3 Å². The largest absolute Gasteiger partial charge is 0.497 e. The summed E-state index contributed by atoms with van der Waals surface area (Å²) in [6.07, 6.45) is 0.384. The topological polar surface area (TPSA) is 98.1 Å². The summed E-state index contributed by atoms with van der Waals surface area (Å²) in [4.78, 5) is 31.1. The van der Waals surface area contributed by atoms with Crippen LogP contribution in [0.3, 0.4) is 0 Å². The number of methoxy groups -OCH3 is 1. The lowest BCUT2D eigenvalue weighted by atomic mass is 10.1. The number of rotatable bonds is 5. The van der Waals surface area contributed by atoms with Crippen LogP contribution in [0.2, 0.25) is 0 Å². The number of nitrogens with one attached hydrogen (secondary N) is 1. The van der Waals surface area contributed by atoms with E-state index in [4.69, 9.17) is 4.74 Å². The second-order valence-electron chi connectivity index (χ2n) is 6.17. The van der Waals surface area contributed by atoms with Gasteiger partial charge in [-0.1, -0.05) is 24.3 Å². The van der Waals surface area contributed by atoms with Crippen molar-refractivity contribution in [3.63, 3.8) is 0 Å². The molecule has 4 aromatic rings. The Morgan fingerprint density at radius 3 is 2.71 bits per heavy atom. The third kappa shape index (κ3) is 3.37. The Morgan fingerprint density at radius 2 is 2.00 bits per heavy atom. The highest BCUT2D eigenvalue weighted by Gasteiger charge is 2.14. The van der Waals surface area contributed by atoms with Crippen LogP contribution < -0.4 is 10.3 Å². The standard InChI is InChI=1S/C20H15N3O4S/c1-27-15-4-2-3-13(10-15)16-11-28-20-18(16)19(24)21-17(22-20)9-12-5-7-14(8-6-12)23(25)26/h2-8,10-11H,9H2,1H3,(H,21,22,24). The number of hydrogen-bond donors (Lipinski definition) is 1. The first-order valence-corrected chi connectivity index (χ1v) is 9.31. The summed E-state index contributed by atoms with van der Waals surface area (Å²) in [6.45, 7) is 0. The fourth-order valence-corrected chi connectivity index (χ4v) is 3.98. The summed E-state index contributed by atoms with van der Waals surface area (Å²) < 4.78 is 5.26. The first kappa shape index (κ1) is 17.9. The van der Waals surface area contributed by atoms with Gasteiger partial charge in [0.15, 0.2) is 0 Å². The maximum atomic E-state index is 12.7. The van der Waals surface area contributed by atoms with Crippen molar-refractivity contribution in [1.29, 1.82) is 0 Å². The molecule has 7 nitrogen and oxygen atoms in total. The zero-order chi connectivity index (χ0) is 19.7. The smallest absolute Gasteiger partial charge is 0.269 e. The van der Waals surface area contributed by atoms with Crippen molar-refractivity contribution in [3.8, 4) is 16.9 Å². The van der Waals surface area contributed by atoms with Gasteiger partial charge in [0, 0.05) is 29.5 Å². The quantitative estimate of drug-likeness (QED) is 0.405. The fraction of sp³-hybridized carbons (Fsp3) is 0.100. The Bertz CT molecular complexity index is 1230. The van der Waals surface area contributed by atoms with Crippen molar-refractivity contribution in [1.82, 2.24) is 9.97 Å². The zero-order valence-electron chi connectivity index (χ0n) is 14.8. The highest BCUT2D eigenvalue weighted by molar-refractivity contribution is 7.17. The minimum absolute atomic E-state index is 0.0295. The van der Waals surface area contributed by atoms with Crippen LogP contribution in [0.25, 0.3) is 21.3 Å². The number of hydrogen-bond acceptors (Lipinski definition) is 6. The molecule has 0 bridgehead atoms. The minimum atomic E-state index is -0.443. The predicted molar refractivity (Wildman–Crippen MR) is 108 cm³/mol. The molecule has 0 amide bonds. The number of nitro groups is 1. The van der Waals surface area contributed by atoms with Crippen molar-refractivity contribution in [2.75, 3.05) is 7.11 Å². The number of aromatic nitrogens is 2. The number of nitro benzene ring substituents is 1. The average Bonchev–Trinajstić information content (AvgIpc) is 3.13. The molecule has 0 spiro atoms. The van der Waals surface area contributed by atoms with Crippen LogP contribution in [0, 0.1) is 10.1 Å². The first-order chi connectivity index (χ1) is 13.5. The van der Waals surface area contributed by atoms with E-state index < -0.39 is 4.92 Å². The number of nitrogens with zero attached hydrogens (tertiary/aromatic N) is 2. The fourth-order valence-electron chi connectivity index (χ4n) is 3.01. The number of H-pyrrole nitrogens is 1. The molecule has 0 aliphatic carbocycles. The van der Waals surface area contributed by atoms with Gasteiger partial charge in [-0.3, -0.25) is 14.9 Å². The third-order valence-electron chi connectivity index (χ3n) is 4.39. The van der Waals surface area contributed by atoms with Gasteiger partial charge in [-0.2, -0.15) is 0 Å². The van der Waals surface area contributed by atoms with Crippen LogP contribution in [0.15, 0.2) is 58.7 Å². The molecule has 2 heterocycles. The lowest BCUT2D eigenvalue weighted by Gasteiger charge is -2.04. The lowest BCUT2D eigenvalue weighted by Crippen LogP contribution is -2.11. The van der Waals surface area contributed by atoms with E-state index in [2.05, 4.69) is 9.97 Å². The molecule has 0 atom stereocenters. The summed E-state index contributed by atoms with van der Waals surface area (Å²) in [5.74, 6) is 1.24. The van der Waals surface area contributed by atoms with Gasteiger partial charge in [0.25, 0.3) is 11.2 Å². The average molecular weight is 393 g/mol. The van der Waals surface area contributed by atoms with Gasteiger partial charge in [0.05, 0.1) is 17.4 Å². The Hall–Kier alpha value is -3.52. The van der Waals surface area contributed by atoms with Crippen molar-refractivity contribution < 1.29 is 9.66 Å². The van der Waals surface area contributed by atoms with E-state index in [0.29, 0.717) is 22.5 Å². The third-order valence-corrected chi connectivity index (χ3v) is 5.26. The Kier molecular flexibility index (Phi) is 4.62. The maximum absolute atomic E-state index is 12.7. The van der Waals surface area contributed by atoms with Crippen molar-refractivity contribution >= 4 is 27.2 Å². The van der Waals surface area contributed by atoms with E-state index in [-0.39, 0.29) is 11.2 Å². The number of fused-ring (bicyclic) bond motifs is 1. The first-order valence-electron chi connectivity index (χ1n) is 8.43. The monoisotopic (exact) mass is 393 g/mol. The molecule has 0 saturated heterocycles. The van der Waals surface area contributed by atoms with Crippen molar-refractivity contribution in [2.24, 2.45) is 0 Å². The number of non-ortho nitro benzene ring substituents is 1. The molecule has 0 fully saturated rings. The normalized spacial score (nSPS) is 10.9. The number of ether oxygens (including phenoxy) is 1. The van der Waals surface area contributed by atoms with Gasteiger partial charge >= 0.3 is 0 Å². The predicted octanol–water partition coefficient (Wildman–Crippen LogP) is 4.16. The summed E-state index contributed by atoms with van der Waals surface area (Å²) >= 11 is 1.41. The van der Waals surface area contributed by atoms with E-state index in [0.717, 1.165) is 22.4 Å². The molecule has 0 aliphatic heterocycles. The summed E-state index contributed by atoms with van der Waals surface area (Å²) in [6, 6.07) is 13.7. The molecule has 0 saturated carbocycles.